The summed E-state index contributed by atoms with van der Waals surface area (Å²) in [7, 11) is 0. The average molecular weight is 368 g/mol. The van der Waals surface area contributed by atoms with Gasteiger partial charge in [-0.25, -0.2) is 0 Å². The van der Waals surface area contributed by atoms with Crippen molar-refractivity contribution in [2.45, 2.75) is 65.5 Å². The summed E-state index contributed by atoms with van der Waals surface area (Å²) in [4.78, 5) is 4.38. The fourth-order valence-electron chi connectivity index (χ4n) is 2.94. The van der Waals surface area contributed by atoms with Gasteiger partial charge in [0.1, 0.15) is 5.82 Å². The van der Waals surface area contributed by atoms with Crippen molar-refractivity contribution in [3.8, 4) is 0 Å². The van der Waals surface area contributed by atoms with Crippen LogP contribution < -0.4 is 10.6 Å². The van der Waals surface area contributed by atoms with E-state index < -0.39 is 0 Å². The van der Waals surface area contributed by atoms with Crippen LogP contribution >= 0.6 is 0 Å². The summed E-state index contributed by atoms with van der Waals surface area (Å²) in [6.07, 6.45) is 3.89. The summed E-state index contributed by atoms with van der Waals surface area (Å²) in [5, 5.41) is 20.6. The molecule has 7 heteroatoms. The van der Waals surface area contributed by atoms with Gasteiger partial charge in [-0.1, -0.05) is 40.7 Å². The number of nitrogens with zero attached hydrogens (tertiary/aromatic N) is 5. The third-order valence-electron chi connectivity index (χ3n) is 4.56. The van der Waals surface area contributed by atoms with Gasteiger partial charge in [0.2, 0.25) is 5.65 Å². The monoisotopic (exact) mass is 367 g/mol. The van der Waals surface area contributed by atoms with Crippen LogP contribution in [0.15, 0.2) is 30.5 Å². The van der Waals surface area contributed by atoms with Crippen molar-refractivity contribution in [1.29, 1.82) is 0 Å². The molecule has 3 aromatic rings. The van der Waals surface area contributed by atoms with Gasteiger partial charge in [-0.15, -0.1) is 15.3 Å². The second-order valence-electron chi connectivity index (χ2n) is 7.78. The van der Waals surface area contributed by atoms with Crippen LogP contribution in [0.1, 0.15) is 59.0 Å². The molecule has 0 saturated carbocycles. The van der Waals surface area contributed by atoms with Gasteiger partial charge in [-0.05, 0) is 25.0 Å². The van der Waals surface area contributed by atoms with E-state index in [0.717, 1.165) is 41.5 Å². The van der Waals surface area contributed by atoms with Gasteiger partial charge in [0.25, 0.3) is 0 Å². The quantitative estimate of drug-likeness (QED) is 0.656. The number of pyridine rings is 1. The van der Waals surface area contributed by atoms with Crippen LogP contribution in [0.4, 0.5) is 11.5 Å². The number of hydrogen-bond acceptors (Lipinski definition) is 6. The molecule has 144 valence electrons. The Hall–Kier alpha value is -2.70. The molecular weight excluding hydrogens is 338 g/mol. The number of rotatable bonds is 7. The van der Waals surface area contributed by atoms with E-state index in [1.54, 1.807) is 6.20 Å². The first kappa shape index (κ1) is 19.1. The topological polar surface area (TPSA) is 80.0 Å². The Morgan fingerprint density at radius 1 is 1.11 bits per heavy atom. The zero-order chi connectivity index (χ0) is 19.4. The summed E-state index contributed by atoms with van der Waals surface area (Å²) in [5.74, 6) is 1.66. The van der Waals surface area contributed by atoms with E-state index >= 15 is 0 Å². The predicted molar refractivity (Wildman–Crippen MR) is 109 cm³/mol. The molecule has 3 rings (SSSR count). The Morgan fingerprint density at radius 3 is 2.52 bits per heavy atom. The molecule has 0 aromatic carbocycles. The first-order valence-corrected chi connectivity index (χ1v) is 9.59. The Morgan fingerprint density at radius 2 is 1.89 bits per heavy atom. The SMILES string of the molecule is CCC(CC)Nc1cc(NCc2ccccn2)c2nnc(C(C)(C)C)n2n1. The molecule has 0 spiro atoms. The second kappa shape index (κ2) is 7.90. The molecule has 3 aromatic heterocycles. The zero-order valence-electron chi connectivity index (χ0n) is 16.8. The molecule has 0 amide bonds. The lowest BCUT2D eigenvalue weighted by molar-refractivity contribution is 0.526. The smallest absolute Gasteiger partial charge is 0.201 e. The molecule has 0 aliphatic carbocycles. The molecular formula is C20H29N7. The summed E-state index contributed by atoms with van der Waals surface area (Å²) in [6, 6.07) is 8.30. The van der Waals surface area contributed by atoms with Crippen LogP contribution in [0, 0.1) is 0 Å². The summed E-state index contributed by atoms with van der Waals surface area (Å²) in [6.45, 7) is 11.3. The van der Waals surface area contributed by atoms with Crippen molar-refractivity contribution in [1.82, 2.24) is 24.8 Å². The Labute approximate surface area is 160 Å². The highest BCUT2D eigenvalue weighted by molar-refractivity contribution is 5.70. The standard InChI is InChI=1S/C20H29N7/c1-6-14(7-2)23-17-12-16(22-13-15-10-8-9-11-21-15)18-24-25-19(20(3,4)5)27(18)26-17/h8-12,14,22H,6-7,13H2,1-5H3,(H,23,26). The molecule has 0 unspecified atom stereocenters. The van der Waals surface area contributed by atoms with Crippen molar-refractivity contribution in [3.05, 3.63) is 42.0 Å². The number of nitrogens with one attached hydrogen (secondary N) is 2. The van der Waals surface area contributed by atoms with Gasteiger partial charge < -0.3 is 10.6 Å². The summed E-state index contributed by atoms with van der Waals surface area (Å²) >= 11 is 0. The molecule has 3 heterocycles. The third kappa shape index (κ3) is 4.35. The summed E-state index contributed by atoms with van der Waals surface area (Å²) < 4.78 is 1.85. The number of hydrogen-bond donors (Lipinski definition) is 2. The van der Waals surface area contributed by atoms with Crippen molar-refractivity contribution in [3.63, 3.8) is 0 Å². The lowest BCUT2D eigenvalue weighted by Crippen LogP contribution is -2.21. The predicted octanol–water partition coefficient (Wildman–Crippen LogP) is 4.03. The second-order valence-corrected chi connectivity index (χ2v) is 7.78. The highest BCUT2D eigenvalue weighted by atomic mass is 15.4. The average Bonchev–Trinajstić information content (AvgIpc) is 3.09. The maximum Gasteiger partial charge on any atom is 0.201 e. The summed E-state index contributed by atoms with van der Waals surface area (Å²) in [5.41, 5.74) is 2.44. The van der Waals surface area contributed by atoms with Crippen LogP contribution in [-0.4, -0.2) is 30.8 Å². The van der Waals surface area contributed by atoms with E-state index in [9.17, 15) is 0 Å². The first-order chi connectivity index (χ1) is 12.9. The minimum atomic E-state index is -0.155. The fraction of sp³-hybridized carbons (Fsp3) is 0.500. The van der Waals surface area contributed by atoms with Crippen LogP contribution in [0.2, 0.25) is 0 Å². The number of fused-ring (bicyclic) bond motifs is 1. The third-order valence-corrected chi connectivity index (χ3v) is 4.56. The maximum absolute atomic E-state index is 4.78. The van der Waals surface area contributed by atoms with Gasteiger partial charge in [-0.3, -0.25) is 4.98 Å². The number of aromatic nitrogens is 5. The first-order valence-electron chi connectivity index (χ1n) is 9.59. The van der Waals surface area contributed by atoms with E-state index in [1.165, 1.54) is 0 Å². The molecule has 27 heavy (non-hydrogen) atoms. The van der Waals surface area contributed by atoms with Gasteiger partial charge in [0.05, 0.1) is 17.9 Å². The maximum atomic E-state index is 4.78. The van der Waals surface area contributed by atoms with Gasteiger partial charge >= 0.3 is 0 Å². The minimum Gasteiger partial charge on any atom is -0.376 e. The molecule has 0 aliphatic heterocycles. The van der Waals surface area contributed by atoms with Gasteiger partial charge in [0.15, 0.2) is 5.82 Å². The lowest BCUT2D eigenvalue weighted by atomic mass is 9.96. The van der Waals surface area contributed by atoms with Crippen LogP contribution in [0.5, 0.6) is 0 Å². The van der Waals surface area contributed by atoms with Crippen molar-refractivity contribution in [2.75, 3.05) is 10.6 Å². The van der Waals surface area contributed by atoms with Gasteiger partial charge in [0, 0.05) is 23.7 Å². The zero-order valence-corrected chi connectivity index (χ0v) is 16.8. The molecule has 0 radical (unpaired) electrons. The van der Waals surface area contributed by atoms with Crippen molar-refractivity contribution in [2.24, 2.45) is 0 Å². The van der Waals surface area contributed by atoms with E-state index in [2.05, 4.69) is 60.4 Å². The van der Waals surface area contributed by atoms with E-state index in [-0.39, 0.29) is 5.41 Å². The molecule has 0 saturated heterocycles. The largest absolute Gasteiger partial charge is 0.376 e. The molecule has 0 aliphatic rings. The van der Waals surface area contributed by atoms with Crippen LogP contribution in [0.3, 0.4) is 0 Å². The van der Waals surface area contributed by atoms with E-state index in [0.29, 0.717) is 12.6 Å². The van der Waals surface area contributed by atoms with Crippen molar-refractivity contribution >= 4 is 17.2 Å². The van der Waals surface area contributed by atoms with E-state index in [1.807, 2.05) is 28.8 Å². The van der Waals surface area contributed by atoms with E-state index in [4.69, 9.17) is 5.10 Å². The van der Waals surface area contributed by atoms with Gasteiger partial charge in [-0.2, -0.15) is 4.52 Å². The normalized spacial score (nSPS) is 11.9. The highest BCUT2D eigenvalue weighted by Gasteiger charge is 2.24. The Balaban J connectivity index is 2.00. The molecule has 0 bridgehead atoms. The lowest BCUT2D eigenvalue weighted by Gasteiger charge is -2.19. The van der Waals surface area contributed by atoms with Crippen LogP contribution in [-0.2, 0) is 12.0 Å². The number of anilines is 2. The molecule has 0 fully saturated rings. The highest BCUT2D eigenvalue weighted by Crippen LogP contribution is 2.26. The molecule has 2 N–H and O–H groups in total. The Bertz CT molecular complexity index is 876. The molecule has 0 atom stereocenters. The van der Waals surface area contributed by atoms with Crippen LogP contribution in [0.25, 0.3) is 5.65 Å². The molecule has 7 nitrogen and oxygen atoms in total. The fourth-order valence-corrected chi connectivity index (χ4v) is 2.94. The Kier molecular flexibility index (Phi) is 5.58. The minimum absolute atomic E-state index is 0.155. The van der Waals surface area contributed by atoms with Crippen molar-refractivity contribution < 1.29 is 0 Å².